The number of aromatic nitrogens is 2. The van der Waals surface area contributed by atoms with E-state index in [-0.39, 0.29) is 5.69 Å². The highest BCUT2D eigenvalue weighted by Crippen LogP contribution is 2.29. The highest BCUT2D eigenvalue weighted by Gasteiger charge is 2.10. The molecular weight excluding hydrogens is 288 g/mol. The Labute approximate surface area is 118 Å². The lowest BCUT2D eigenvalue weighted by Crippen LogP contribution is -1.95. The summed E-state index contributed by atoms with van der Waals surface area (Å²) in [5.41, 5.74) is 6.42. The number of benzene rings is 1. The normalized spacial score (nSPS) is 10.4. The third-order valence-electron chi connectivity index (χ3n) is 2.30. The van der Waals surface area contributed by atoms with Crippen LogP contribution in [-0.2, 0) is 5.75 Å². The molecule has 1 aromatic heterocycles. The first-order valence-electron chi connectivity index (χ1n) is 5.20. The maximum atomic E-state index is 10.6. The summed E-state index contributed by atoms with van der Waals surface area (Å²) >= 11 is 7.37. The average molecular weight is 297 g/mol. The number of nitrogens with zero attached hydrogens (tertiary/aromatic N) is 3. The molecule has 2 aromatic rings. The fourth-order valence-corrected chi connectivity index (χ4v) is 2.56. The molecule has 1 heterocycles. The molecule has 0 atom stereocenters. The van der Waals surface area contributed by atoms with Crippen LogP contribution < -0.4 is 5.73 Å². The Morgan fingerprint density at radius 3 is 2.74 bits per heavy atom. The molecule has 0 saturated heterocycles. The predicted octanol–water partition coefficient (Wildman–Crippen LogP) is 2.91. The molecule has 0 fully saturated rings. The van der Waals surface area contributed by atoms with Gasteiger partial charge in [0, 0.05) is 30.3 Å². The van der Waals surface area contributed by atoms with Crippen molar-refractivity contribution in [1.29, 1.82) is 0 Å². The molecule has 2 N–H and O–H groups in total. The van der Waals surface area contributed by atoms with Crippen LogP contribution in [0.25, 0.3) is 0 Å². The van der Waals surface area contributed by atoms with Crippen LogP contribution in [0.5, 0.6) is 0 Å². The minimum Gasteiger partial charge on any atom is -0.381 e. The monoisotopic (exact) mass is 296 g/mol. The summed E-state index contributed by atoms with van der Waals surface area (Å²) in [5, 5.41) is 11.6. The van der Waals surface area contributed by atoms with Crippen molar-refractivity contribution in [3.8, 4) is 0 Å². The summed E-state index contributed by atoms with van der Waals surface area (Å²) in [7, 11) is 0. The second-order valence-electron chi connectivity index (χ2n) is 3.57. The van der Waals surface area contributed by atoms with E-state index in [1.54, 1.807) is 12.3 Å². The summed E-state index contributed by atoms with van der Waals surface area (Å²) in [6.45, 7) is 0. The molecule has 0 aliphatic heterocycles. The number of anilines is 1. The Morgan fingerprint density at radius 1 is 1.37 bits per heavy atom. The van der Waals surface area contributed by atoms with Gasteiger partial charge in [0.05, 0.1) is 9.95 Å². The molecule has 0 aliphatic rings. The molecule has 0 unspecified atom stereocenters. The van der Waals surface area contributed by atoms with Gasteiger partial charge in [-0.15, -0.1) is 0 Å². The summed E-state index contributed by atoms with van der Waals surface area (Å²) < 4.78 is 0. The molecular formula is C11H9ClN4O2S. The minimum absolute atomic E-state index is 0.0298. The zero-order valence-corrected chi connectivity index (χ0v) is 11.2. The third kappa shape index (κ3) is 3.33. The lowest BCUT2D eigenvalue weighted by atomic mass is 10.2. The molecule has 98 valence electrons. The highest BCUT2D eigenvalue weighted by molar-refractivity contribution is 7.98. The number of nitro groups is 1. The molecule has 6 nitrogen and oxygen atoms in total. The van der Waals surface area contributed by atoms with Crippen molar-refractivity contribution in [2.45, 2.75) is 10.8 Å². The number of hydrogen-bond donors (Lipinski definition) is 1. The molecule has 8 heteroatoms. The van der Waals surface area contributed by atoms with E-state index in [9.17, 15) is 10.1 Å². The third-order valence-corrected chi connectivity index (χ3v) is 3.70. The van der Waals surface area contributed by atoms with Gasteiger partial charge in [0.1, 0.15) is 5.03 Å². The van der Waals surface area contributed by atoms with E-state index < -0.39 is 4.92 Å². The van der Waals surface area contributed by atoms with Gasteiger partial charge in [-0.1, -0.05) is 23.4 Å². The summed E-state index contributed by atoms with van der Waals surface area (Å²) in [4.78, 5) is 18.1. The molecule has 1 aromatic carbocycles. The molecule has 0 radical (unpaired) electrons. The van der Waals surface area contributed by atoms with Gasteiger partial charge in [-0.25, -0.2) is 9.97 Å². The lowest BCUT2D eigenvalue weighted by Gasteiger charge is -2.05. The van der Waals surface area contributed by atoms with Gasteiger partial charge >= 0.3 is 0 Å². The van der Waals surface area contributed by atoms with E-state index in [0.717, 1.165) is 5.56 Å². The van der Waals surface area contributed by atoms with E-state index in [0.29, 0.717) is 21.6 Å². The van der Waals surface area contributed by atoms with Crippen LogP contribution >= 0.6 is 23.4 Å². The van der Waals surface area contributed by atoms with E-state index in [1.165, 1.54) is 30.1 Å². The van der Waals surface area contributed by atoms with Crippen molar-refractivity contribution in [2.75, 3.05) is 5.73 Å². The Kier molecular flexibility index (Phi) is 4.18. The lowest BCUT2D eigenvalue weighted by molar-refractivity contribution is -0.384. The van der Waals surface area contributed by atoms with Gasteiger partial charge in [-0.3, -0.25) is 10.1 Å². The smallest absolute Gasteiger partial charge is 0.270 e. The van der Waals surface area contributed by atoms with E-state index in [4.69, 9.17) is 17.3 Å². The van der Waals surface area contributed by atoms with Gasteiger partial charge in [0.15, 0.2) is 5.82 Å². The molecule has 2 rings (SSSR count). The average Bonchev–Trinajstić information content (AvgIpc) is 2.39. The quantitative estimate of drug-likeness (QED) is 0.529. The first-order chi connectivity index (χ1) is 9.08. The van der Waals surface area contributed by atoms with Gasteiger partial charge in [0.25, 0.3) is 5.69 Å². The fraction of sp³-hybridized carbons (Fsp3) is 0.0909. The number of nitrogen functional groups attached to an aromatic ring is 1. The molecule has 0 saturated carbocycles. The van der Waals surface area contributed by atoms with Crippen molar-refractivity contribution in [3.05, 3.63) is 51.3 Å². The Bertz CT molecular complexity index is 623. The van der Waals surface area contributed by atoms with Gasteiger partial charge in [-0.2, -0.15) is 0 Å². The Morgan fingerprint density at radius 2 is 2.11 bits per heavy atom. The molecule has 0 spiro atoms. The molecule has 0 bridgehead atoms. The first kappa shape index (κ1) is 13.6. The van der Waals surface area contributed by atoms with Crippen molar-refractivity contribution in [2.24, 2.45) is 0 Å². The molecule has 0 amide bonds. The van der Waals surface area contributed by atoms with Gasteiger partial charge in [0.2, 0.25) is 0 Å². The van der Waals surface area contributed by atoms with Crippen molar-refractivity contribution >= 4 is 34.9 Å². The highest BCUT2D eigenvalue weighted by atomic mass is 35.5. The second-order valence-corrected chi connectivity index (χ2v) is 4.94. The van der Waals surface area contributed by atoms with Crippen LogP contribution in [0.1, 0.15) is 5.56 Å². The number of nitrogens with two attached hydrogens (primary N) is 1. The van der Waals surface area contributed by atoms with Crippen LogP contribution in [0.15, 0.2) is 35.6 Å². The maximum absolute atomic E-state index is 10.6. The summed E-state index contributed by atoms with van der Waals surface area (Å²) in [6.07, 6.45) is 3.06. The van der Waals surface area contributed by atoms with Crippen molar-refractivity contribution < 1.29 is 4.92 Å². The Hall–Kier alpha value is -1.86. The van der Waals surface area contributed by atoms with Crippen LogP contribution in [-0.4, -0.2) is 14.9 Å². The largest absolute Gasteiger partial charge is 0.381 e. The topological polar surface area (TPSA) is 94.9 Å². The summed E-state index contributed by atoms with van der Waals surface area (Å²) in [5.74, 6) is 0.866. The fourth-order valence-electron chi connectivity index (χ4n) is 1.36. The number of rotatable bonds is 4. The van der Waals surface area contributed by atoms with Crippen LogP contribution in [0.3, 0.4) is 0 Å². The number of nitro benzene ring substituents is 1. The zero-order chi connectivity index (χ0) is 13.8. The maximum Gasteiger partial charge on any atom is 0.270 e. The standard InChI is InChI=1S/C11H9ClN4O2S/c12-9-5-8(16(17)18)2-1-7(9)6-19-11-10(13)14-3-4-15-11/h1-5H,6H2,(H2,13,14). The Balaban J connectivity index is 2.12. The number of thioether (sulfide) groups is 1. The number of hydrogen-bond acceptors (Lipinski definition) is 6. The number of non-ortho nitro benzene ring substituents is 1. The second kappa shape index (κ2) is 5.85. The van der Waals surface area contributed by atoms with Crippen molar-refractivity contribution in [1.82, 2.24) is 9.97 Å². The minimum atomic E-state index is -0.483. The van der Waals surface area contributed by atoms with Gasteiger partial charge < -0.3 is 5.73 Å². The predicted molar refractivity (Wildman–Crippen MR) is 74.1 cm³/mol. The zero-order valence-electron chi connectivity index (χ0n) is 9.62. The van der Waals surface area contributed by atoms with Crippen LogP contribution in [0.4, 0.5) is 11.5 Å². The van der Waals surface area contributed by atoms with E-state index in [1.807, 2.05) is 0 Å². The van der Waals surface area contributed by atoms with Gasteiger partial charge in [-0.05, 0) is 11.6 Å². The van der Waals surface area contributed by atoms with Crippen LogP contribution in [0.2, 0.25) is 5.02 Å². The SMILES string of the molecule is Nc1nccnc1SCc1ccc([N+](=O)[O-])cc1Cl. The molecule has 19 heavy (non-hydrogen) atoms. The first-order valence-corrected chi connectivity index (χ1v) is 6.56. The van der Waals surface area contributed by atoms with E-state index >= 15 is 0 Å². The van der Waals surface area contributed by atoms with E-state index in [2.05, 4.69) is 9.97 Å². The van der Waals surface area contributed by atoms with Crippen LogP contribution in [0, 0.1) is 10.1 Å². The van der Waals surface area contributed by atoms with Crippen molar-refractivity contribution in [3.63, 3.8) is 0 Å². The number of halogens is 1. The molecule has 0 aliphatic carbocycles. The summed E-state index contributed by atoms with van der Waals surface area (Å²) in [6, 6.07) is 4.37.